The molecule has 0 radical (unpaired) electrons. The van der Waals surface area contributed by atoms with Crippen molar-refractivity contribution < 1.29 is 28.6 Å². The van der Waals surface area contributed by atoms with Crippen LogP contribution in [-0.2, 0) is 28.6 Å². The number of hydrogen-bond acceptors (Lipinski definition) is 6. The largest absolute Gasteiger partial charge is 0.462 e. The highest BCUT2D eigenvalue weighted by atomic mass is 16.6. The van der Waals surface area contributed by atoms with Gasteiger partial charge in [0.25, 0.3) is 0 Å². The van der Waals surface area contributed by atoms with E-state index in [9.17, 15) is 14.4 Å². The Bertz CT molecular complexity index is 1310. The molecule has 62 heavy (non-hydrogen) atoms. The van der Waals surface area contributed by atoms with Crippen molar-refractivity contribution in [3.63, 3.8) is 0 Å². The summed E-state index contributed by atoms with van der Waals surface area (Å²) in [6.45, 7) is 6.30. The Hall–Kier alpha value is -3.93. The minimum absolute atomic E-state index is 0.115. The Morgan fingerprint density at radius 1 is 0.339 bits per heavy atom. The van der Waals surface area contributed by atoms with E-state index in [0.717, 1.165) is 109 Å². The number of carbonyl (C=O) groups is 3. The molecule has 0 N–H and O–H groups in total. The molecule has 0 amide bonds. The van der Waals surface area contributed by atoms with Gasteiger partial charge in [-0.05, 0) is 122 Å². The van der Waals surface area contributed by atoms with E-state index in [2.05, 4.69) is 130 Å². The molecule has 0 rings (SSSR count). The third kappa shape index (κ3) is 47.1. The van der Waals surface area contributed by atoms with Crippen molar-refractivity contribution in [1.82, 2.24) is 0 Å². The molecule has 0 unspecified atom stereocenters. The quantitative estimate of drug-likeness (QED) is 0.0263. The van der Waals surface area contributed by atoms with Crippen LogP contribution in [0.2, 0.25) is 0 Å². The molecule has 6 nitrogen and oxygen atoms in total. The number of esters is 3. The Balaban J connectivity index is 4.56. The maximum Gasteiger partial charge on any atom is 0.306 e. The minimum Gasteiger partial charge on any atom is -0.462 e. The van der Waals surface area contributed by atoms with Gasteiger partial charge in [0.15, 0.2) is 6.10 Å². The van der Waals surface area contributed by atoms with Crippen LogP contribution in [-0.4, -0.2) is 37.2 Å². The van der Waals surface area contributed by atoms with Crippen LogP contribution in [0.5, 0.6) is 0 Å². The molecule has 0 aliphatic heterocycles. The molecule has 0 aliphatic rings. The average Bonchev–Trinajstić information content (AvgIpc) is 3.27. The minimum atomic E-state index is -0.821. The highest BCUT2D eigenvalue weighted by molar-refractivity contribution is 5.71. The average molecular weight is 859 g/mol. The number of carbonyl (C=O) groups excluding carboxylic acids is 3. The fourth-order valence-corrected chi connectivity index (χ4v) is 6.30. The molecule has 1 atom stereocenters. The number of hydrogen-bond donors (Lipinski definition) is 0. The number of unbranched alkanes of at least 4 members (excludes halogenated alkanes) is 14. The number of ether oxygens (including phenoxy) is 3. The second kappa shape index (κ2) is 49.7. The lowest BCUT2D eigenvalue weighted by Gasteiger charge is -2.18. The van der Waals surface area contributed by atoms with E-state index < -0.39 is 6.10 Å². The monoisotopic (exact) mass is 859 g/mol. The topological polar surface area (TPSA) is 78.9 Å². The third-order valence-corrected chi connectivity index (χ3v) is 9.99. The Kier molecular flexibility index (Phi) is 46.6. The van der Waals surface area contributed by atoms with Crippen molar-refractivity contribution in [2.75, 3.05) is 13.2 Å². The Labute approximate surface area is 380 Å². The van der Waals surface area contributed by atoms with E-state index >= 15 is 0 Å². The first-order valence-corrected chi connectivity index (χ1v) is 24.9. The van der Waals surface area contributed by atoms with Crippen LogP contribution in [0.1, 0.15) is 207 Å². The van der Waals surface area contributed by atoms with Crippen LogP contribution in [0.4, 0.5) is 0 Å². The summed E-state index contributed by atoms with van der Waals surface area (Å²) >= 11 is 0. The predicted octanol–water partition coefficient (Wildman–Crippen LogP) is 16.4. The van der Waals surface area contributed by atoms with Gasteiger partial charge in [0.1, 0.15) is 13.2 Å². The first-order chi connectivity index (χ1) is 30.5. The fraction of sp³-hybridized carbons (Fsp3) is 0.625. The summed E-state index contributed by atoms with van der Waals surface area (Å²) in [5.41, 5.74) is 0. The van der Waals surface area contributed by atoms with Crippen molar-refractivity contribution in [2.45, 2.75) is 213 Å². The molecule has 0 heterocycles. The van der Waals surface area contributed by atoms with Crippen LogP contribution in [0.3, 0.4) is 0 Å². The zero-order chi connectivity index (χ0) is 45.1. The first kappa shape index (κ1) is 58.1. The van der Waals surface area contributed by atoms with Gasteiger partial charge in [0.2, 0.25) is 0 Å². The van der Waals surface area contributed by atoms with Gasteiger partial charge in [0, 0.05) is 19.3 Å². The van der Waals surface area contributed by atoms with Crippen LogP contribution in [0.25, 0.3) is 0 Å². The Morgan fingerprint density at radius 2 is 0.629 bits per heavy atom. The summed E-state index contributed by atoms with van der Waals surface area (Å²) in [6.07, 6.45) is 66.4. The van der Waals surface area contributed by atoms with Gasteiger partial charge in [-0.2, -0.15) is 0 Å². The maximum absolute atomic E-state index is 12.8. The van der Waals surface area contributed by atoms with Crippen molar-refractivity contribution in [3.8, 4) is 0 Å². The second-order valence-electron chi connectivity index (χ2n) is 16.0. The molecule has 0 spiro atoms. The first-order valence-electron chi connectivity index (χ1n) is 24.9. The SMILES string of the molecule is CC/C=C\C/C=C\C/C=C\C/C=C\CCCCC(=O)OC[C@@H](COC(=O)CCCCCCC/C=C\CCCCCCC)OC(=O)CCCC/C=C\C/C=C\C/C=C\C/C=C\CC. The number of allylic oxidation sites excluding steroid dienone is 18. The zero-order valence-electron chi connectivity index (χ0n) is 39.8. The molecular formula is C56H90O6. The van der Waals surface area contributed by atoms with E-state index in [1.807, 2.05) is 0 Å². The standard InChI is InChI=1S/C56H90O6/c1-4-7-10-13-16-19-22-25-28-31-34-37-40-43-46-49-55(58)61-52-53(51-60-54(57)48-45-42-39-36-33-30-27-24-21-18-15-12-9-6-3)62-56(59)50-47-44-41-38-35-32-29-26-23-20-17-14-11-8-5-2/h7-8,10-11,16-17,19-20,24-29,34-35,37-38,53H,4-6,9,12-15,18,21-23,30-33,36,39-52H2,1-3H3/b10-7-,11-8-,19-16-,20-17-,27-24-,28-25-,29-26-,37-34-,38-35-/t53-/m1/s1. The van der Waals surface area contributed by atoms with Crippen molar-refractivity contribution in [3.05, 3.63) is 109 Å². The molecule has 6 heteroatoms. The fourth-order valence-electron chi connectivity index (χ4n) is 6.30. The highest BCUT2D eigenvalue weighted by Crippen LogP contribution is 2.12. The van der Waals surface area contributed by atoms with E-state index in [1.165, 1.54) is 44.9 Å². The Morgan fingerprint density at radius 3 is 1.03 bits per heavy atom. The molecule has 0 bridgehead atoms. The molecule has 0 saturated carbocycles. The van der Waals surface area contributed by atoms with Crippen molar-refractivity contribution in [2.24, 2.45) is 0 Å². The summed E-state index contributed by atoms with van der Waals surface area (Å²) in [4.78, 5) is 37.9. The van der Waals surface area contributed by atoms with E-state index in [1.54, 1.807) is 0 Å². The van der Waals surface area contributed by atoms with E-state index in [0.29, 0.717) is 25.7 Å². The van der Waals surface area contributed by atoms with Gasteiger partial charge in [-0.3, -0.25) is 14.4 Å². The van der Waals surface area contributed by atoms with Gasteiger partial charge < -0.3 is 14.2 Å². The predicted molar refractivity (Wildman–Crippen MR) is 265 cm³/mol. The molecule has 0 aromatic heterocycles. The van der Waals surface area contributed by atoms with E-state index in [-0.39, 0.29) is 37.5 Å². The van der Waals surface area contributed by atoms with Crippen molar-refractivity contribution in [1.29, 1.82) is 0 Å². The van der Waals surface area contributed by atoms with Crippen molar-refractivity contribution >= 4 is 17.9 Å². The summed E-state index contributed by atoms with van der Waals surface area (Å²) < 4.78 is 16.7. The summed E-state index contributed by atoms with van der Waals surface area (Å²) in [7, 11) is 0. The van der Waals surface area contributed by atoms with Gasteiger partial charge in [-0.25, -0.2) is 0 Å². The van der Waals surface area contributed by atoms with Gasteiger partial charge in [-0.1, -0.05) is 175 Å². The molecule has 0 saturated heterocycles. The highest BCUT2D eigenvalue weighted by Gasteiger charge is 2.19. The molecule has 0 aliphatic carbocycles. The van der Waals surface area contributed by atoms with Gasteiger partial charge >= 0.3 is 17.9 Å². The normalized spacial score (nSPS) is 13.0. The van der Waals surface area contributed by atoms with Crippen LogP contribution < -0.4 is 0 Å². The van der Waals surface area contributed by atoms with Gasteiger partial charge in [-0.15, -0.1) is 0 Å². The molecule has 0 fully saturated rings. The van der Waals surface area contributed by atoms with Gasteiger partial charge in [0.05, 0.1) is 0 Å². The lowest BCUT2D eigenvalue weighted by atomic mass is 10.1. The summed E-state index contributed by atoms with van der Waals surface area (Å²) in [5.74, 6) is -1.02. The number of rotatable bonds is 43. The molecule has 0 aromatic rings. The van der Waals surface area contributed by atoms with Crippen LogP contribution in [0.15, 0.2) is 109 Å². The third-order valence-electron chi connectivity index (χ3n) is 9.99. The van der Waals surface area contributed by atoms with Crippen LogP contribution in [0, 0.1) is 0 Å². The smallest absolute Gasteiger partial charge is 0.306 e. The molecule has 350 valence electrons. The summed E-state index contributed by atoms with van der Waals surface area (Å²) in [6, 6.07) is 0. The molecule has 0 aromatic carbocycles. The maximum atomic E-state index is 12.8. The lowest BCUT2D eigenvalue weighted by Crippen LogP contribution is -2.30. The molecular weight excluding hydrogens is 769 g/mol. The second-order valence-corrected chi connectivity index (χ2v) is 16.0. The zero-order valence-corrected chi connectivity index (χ0v) is 39.8. The lowest BCUT2D eigenvalue weighted by molar-refractivity contribution is -0.167. The summed E-state index contributed by atoms with van der Waals surface area (Å²) in [5, 5.41) is 0. The van der Waals surface area contributed by atoms with E-state index in [4.69, 9.17) is 14.2 Å². The van der Waals surface area contributed by atoms with Crippen LogP contribution >= 0.6 is 0 Å².